The Morgan fingerprint density at radius 2 is 1.92 bits per heavy atom. The summed E-state index contributed by atoms with van der Waals surface area (Å²) in [6.45, 7) is 6.37. The molecule has 0 aliphatic heterocycles. The van der Waals surface area contributed by atoms with Crippen molar-refractivity contribution >= 4 is 19.9 Å². The van der Waals surface area contributed by atoms with E-state index in [9.17, 15) is 8.42 Å². The molecule has 0 amide bonds. The standard InChI is InChI=1S/C8H18ClNO2S/c1-4-6-7-10(8(3)5-2)13(9,11)12/h8H,4-7H2,1-3H3. The van der Waals surface area contributed by atoms with Crippen molar-refractivity contribution in [3.8, 4) is 0 Å². The molecule has 1 atom stereocenters. The lowest BCUT2D eigenvalue weighted by Crippen LogP contribution is -2.36. The van der Waals surface area contributed by atoms with Crippen molar-refractivity contribution in [3.05, 3.63) is 0 Å². The van der Waals surface area contributed by atoms with Crippen LogP contribution in [-0.2, 0) is 9.24 Å². The zero-order valence-electron chi connectivity index (χ0n) is 8.46. The maximum atomic E-state index is 11.1. The van der Waals surface area contributed by atoms with E-state index in [0.29, 0.717) is 6.54 Å². The maximum Gasteiger partial charge on any atom is 0.300 e. The lowest BCUT2D eigenvalue weighted by Gasteiger charge is -2.24. The highest BCUT2D eigenvalue weighted by atomic mass is 35.7. The molecule has 0 aromatic heterocycles. The van der Waals surface area contributed by atoms with Crippen LogP contribution in [0, 0.1) is 0 Å². The highest BCUT2D eigenvalue weighted by Gasteiger charge is 2.22. The fourth-order valence-electron chi connectivity index (χ4n) is 1.06. The van der Waals surface area contributed by atoms with Crippen LogP contribution < -0.4 is 0 Å². The minimum absolute atomic E-state index is 0.00551. The van der Waals surface area contributed by atoms with Gasteiger partial charge < -0.3 is 0 Å². The van der Waals surface area contributed by atoms with E-state index in [0.717, 1.165) is 19.3 Å². The van der Waals surface area contributed by atoms with Gasteiger partial charge >= 0.3 is 0 Å². The fourth-order valence-corrected chi connectivity index (χ4v) is 2.60. The van der Waals surface area contributed by atoms with E-state index in [4.69, 9.17) is 10.7 Å². The predicted molar refractivity (Wildman–Crippen MR) is 56.1 cm³/mol. The summed E-state index contributed by atoms with van der Waals surface area (Å²) >= 11 is 0. The van der Waals surface area contributed by atoms with Crippen molar-refractivity contribution in [3.63, 3.8) is 0 Å². The summed E-state index contributed by atoms with van der Waals surface area (Å²) < 4.78 is 23.6. The number of hydrogen-bond acceptors (Lipinski definition) is 2. The van der Waals surface area contributed by atoms with Crippen LogP contribution in [0.2, 0.25) is 0 Å². The molecule has 5 heteroatoms. The first-order chi connectivity index (χ1) is 5.93. The molecule has 13 heavy (non-hydrogen) atoms. The van der Waals surface area contributed by atoms with Crippen LogP contribution in [0.15, 0.2) is 0 Å². The van der Waals surface area contributed by atoms with E-state index >= 15 is 0 Å². The van der Waals surface area contributed by atoms with Gasteiger partial charge in [0.1, 0.15) is 0 Å². The second-order valence-electron chi connectivity index (χ2n) is 3.16. The summed E-state index contributed by atoms with van der Waals surface area (Å²) in [5.74, 6) is 0. The molecule has 80 valence electrons. The van der Waals surface area contributed by atoms with Crippen molar-refractivity contribution in [2.75, 3.05) is 6.54 Å². The van der Waals surface area contributed by atoms with Crippen LogP contribution in [0.5, 0.6) is 0 Å². The fraction of sp³-hybridized carbons (Fsp3) is 1.00. The molecular weight excluding hydrogens is 210 g/mol. The number of nitrogens with zero attached hydrogens (tertiary/aromatic N) is 1. The molecule has 0 bridgehead atoms. The summed E-state index contributed by atoms with van der Waals surface area (Å²) in [4.78, 5) is 0. The molecule has 0 rings (SSSR count). The summed E-state index contributed by atoms with van der Waals surface area (Å²) in [6.07, 6.45) is 2.62. The van der Waals surface area contributed by atoms with Gasteiger partial charge in [-0.15, -0.1) is 0 Å². The largest absolute Gasteiger partial charge is 0.300 e. The average Bonchev–Trinajstić information content (AvgIpc) is 2.02. The molecule has 0 aromatic carbocycles. The Balaban J connectivity index is 4.38. The van der Waals surface area contributed by atoms with E-state index in [1.165, 1.54) is 4.31 Å². The molecule has 1 unspecified atom stereocenters. The highest BCUT2D eigenvalue weighted by Crippen LogP contribution is 2.14. The third-order valence-corrected chi connectivity index (χ3v) is 3.73. The molecule has 0 saturated carbocycles. The van der Waals surface area contributed by atoms with Gasteiger partial charge in [0.15, 0.2) is 0 Å². The van der Waals surface area contributed by atoms with E-state index in [1.807, 2.05) is 20.8 Å². The van der Waals surface area contributed by atoms with Crippen LogP contribution in [0.3, 0.4) is 0 Å². The first kappa shape index (κ1) is 13.2. The third kappa shape index (κ3) is 4.84. The minimum Gasteiger partial charge on any atom is -0.195 e. The van der Waals surface area contributed by atoms with E-state index in [-0.39, 0.29) is 6.04 Å². The first-order valence-electron chi connectivity index (χ1n) is 4.64. The summed E-state index contributed by atoms with van der Waals surface area (Å²) in [5, 5.41) is 0. The number of unbranched alkanes of at least 4 members (excludes halogenated alkanes) is 1. The zero-order valence-corrected chi connectivity index (χ0v) is 10.0. The second-order valence-corrected chi connectivity index (χ2v) is 5.63. The average molecular weight is 228 g/mol. The van der Waals surface area contributed by atoms with Gasteiger partial charge in [0.05, 0.1) is 0 Å². The van der Waals surface area contributed by atoms with Gasteiger partial charge in [0, 0.05) is 23.3 Å². The molecule has 0 aliphatic carbocycles. The Morgan fingerprint density at radius 1 is 1.38 bits per heavy atom. The quantitative estimate of drug-likeness (QED) is 0.654. The van der Waals surface area contributed by atoms with Crippen molar-refractivity contribution in [2.45, 2.75) is 46.1 Å². The Morgan fingerprint density at radius 3 is 2.23 bits per heavy atom. The van der Waals surface area contributed by atoms with Gasteiger partial charge in [-0.1, -0.05) is 20.3 Å². The zero-order chi connectivity index (χ0) is 10.5. The maximum absolute atomic E-state index is 11.1. The number of halogens is 1. The third-order valence-electron chi connectivity index (χ3n) is 2.09. The van der Waals surface area contributed by atoms with Crippen LogP contribution in [0.1, 0.15) is 40.0 Å². The molecule has 0 N–H and O–H groups in total. The van der Waals surface area contributed by atoms with Crippen LogP contribution in [-0.4, -0.2) is 25.3 Å². The number of hydrogen-bond donors (Lipinski definition) is 0. The lowest BCUT2D eigenvalue weighted by atomic mass is 10.2. The summed E-state index contributed by atoms with van der Waals surface area (Å²) in [7, 11) is 1.76. The SMILES string of the molecule is CCCCN(C(C)CC)S(=O)(=O)Cl. The topological polar surface area (TPSA) is 37.4 Å². The first-order valence-corrected chi connectivity index (χ1v) is 6.91. The van der Waals surface area contributed by atoms with E-state index in [2.05, 4.69) is 0 Å². The van der Waals surface area contributed by atoms with Crippen LogP contribution in [0.25, 0.3) is 0 Å². The van der Waals surface area contributed by atoms with Crippen molar-refractivity contribution in [1.82, 2.24) is 4.31 Å². The van der Waals surface area contributed by atoms with Gasteiger partial charge in [0.25, 0.3) is 9.24 Å². The normalized spacial score (nSPS) is 14.8. The molecular formula is C8H18ClNO2S. The Kier molecular flexibility index (Phi) is 5.92. The van der Waals surface area contributed by atoms with Gasteiger partial charge in [-0.3, -0.25) is 0 Å². The van der Waals surface area contributed by atoms with Crippen LogP contribution in [0.4, 0.5) is 0 Å². The van der Waals surface area contributed by atoms with Gasteiger partial charge in [0.2, 0.25) is 0 Å². The van der Waals surface area contributed by atoms with Crippen molar-refractivity contribution in [2.24, 2.45) is 0 Å². The lowest BCUT2D eigenvalue weighted by molar-refractivity contribution is 0.331. The van der Waals surface area contributed by atoms with Gasteiger partial charge in [-0.25, -0.2) is 0 Å². The number of rotatable bonds is 6. The van der Waals surface area contributed by atoms with E-state index < -0.39 is 9.24 Å². The van der Waals surface area contributed by atoms with Gasteiger partial charge in [-0.05, 0) is 19.8 Å². The molecule has 3 nitrogen and oxygen atoms in total. The van der Waals surface area contributed by atoms with Crippen LogP contribution >= 0.6 is 10.7 Å². The second kappa shape index (κ2) is 5.83. The Labute approximate surface area is 85.6 Å². The summed E-state index contributed by atoms with van der Waals surface area (Å²) in [5.41, 5.74) is 0. The molecule has 0 saturated heterocycles. The van der Waals surface area contributed by atoms with Crippen molar-refractivity contribution in [1.29, 1.82) is 0 Å². The van der Waals surface area contributed by atoms with Crippen molar-refractivity contribution < 1.29 is 8.42 Å². The molecule has 0 aliphatic rings. The Hall–Kier alpha value is 0.200. The predicted octanol–water partition coefficient (Wildman–Crippen LogP) is 2.37. The summed E-state index contributed by atoms with van der Waals surface area (Å²) in [6, 6.07) is -0.00551. The molecule has 0 radical (unpaired) electrons. The molecule has 0 spiro atoms. The minimum atomic E-state index is -3.54. The molecule has 0 fully saturated rings. The highest BCUT2D eigenvalue weighted by molar-refractivity contribution is 8.11. The Bertz CT molecular complexity index is 228. The van der Waals surface area contributed by atoms with Gasteiger partial charge in [-0.2, -0.15) is 12.7 Å². The molecule has 0 aromatic rings. The monoisotopic (exact) mass is 227 g/mol. The molecule has 0 heterocycles. The van der Waals surface area contributed by atoms with E-state index in [1.54, 1.807) is 0 Å². The smallest absolute Gasteiger partial charge is 0.195 e.